The van der Waals surface area contributed by atoms with Crippen molar-refractivity contribution >= 4 is 50.7 Å². The van der Waals surface area contributed by atoms with E-state index in [9.17, 15) is 13.2 Å². The van der Waals surface area contributed by atoms with E-state index in [0.29, 0.717) is 20.6 Å². The number of nitrogens with one attached hydrogen (secondary N) is 1. The van der Waals surface area contributed by atoms with Gasteiger partial charge in [-0.1, -0.05) is 47.8 Å². The van der Waals surface area contributed by atoms with Crippen LogP contribution in [0, 0.1) is 0 Å². The van der Waals surface area contributed by atoms with Crippen molar-refractivity contribution in [3.63, 3.8) is 0 Å². The summed E-state index contributed by atoms with van der Waals surface area (Å²) in [6.07, 6.45) is 0.728. The molecule has 5 nitrogen and oxygen atoms in total. The number of benzene rings is 2. The Morgan fingerprint density at radius 1 is 1.07 bits per heavy atom. The highest BCUT2D eigenvalue weighted by molar-refractivity contribution is 7.89. The van der Waals surface area contributed by atoms with Crippen molar-refractivity contribution in [1.29, 1.82) is 0 Å². The van der Waals surface area contributed by atoms with Gasteiger partial charge in [-0.05, 0) is 49.7 Å². The molecule has 1 amide bonds. The average molecular weight is 464 g/mol. The maximum Gasteiger partial charge on any atom is 0.243 e. The molecule has 0 heterocycles. The van der Waals surface area contributed by atoms with E-state index >= 15 is 0 Å². The lowest BCUT2D eigenvalue weighted by Crippen LogP contribution is -2.43. The second-order valence-corrected chi connectivity index (χ2v) is 9.49. The Kier molecular flexibility index (Phi) is 8.16. The summed E-state index contributed by atoms with van der Waals surface area (Å²) >= 11 is 18.3. The number of carbonyl (C=O) groups excluding carboxylic acids is 1. The van der Waals surface area contributed by atoms with Crippen LogP contribution in [0.15, 0.2) is 47.4 Å². The van der Waals surface area contributed by atoms with E-state index in [1.165, 1.54) is 24.3 Å². The van der Waals surface area contributed by atoms with Crippen LogP contribution in [0.25, 0.3) is 0 Å². The van der Waals surface area contributed by atoms with E-state index in [1.54, 1.807) is 18.2 Å². The van der Waals surface area contributed by atoms with Gasteiger partial charge in [0.1, 0.15) is 0 Å². The number of rotatable bonds is 8. The van der Waals surface area contributed by atoms with Crippen LogP contribution >= 0.6 is 34.8 Å². The SMILES string of the molecule is CC[C@H](C)NC(=O)CN(Cc1c(Cl)cccc1Cl)S(=O)(=O)c1ccc(Cl)cc1. The van der Waals surface area contributed by atoms with Gasteiger partial charge in [0.2, 0.25) is 15.9 Å². The van der Waals surface area contributed by atoms with E-state index in [4.69, 9.17) is 34.8 Å². The largest absolute Gasteiger partial charge is 0.353 e. The molecule has 0 aliphatic carbocycles. The molecule has 0 saturated heterocycles. The molecule has 28 heavy (non-hydrogen) atoms. The smallest absolute Gasteiger partial charge is 0.243 e. The van der Waals surface area contributed by atoms with Crippen molar-refractivity contribution in [2.24, 2.45) is 0 Å². The number of carbonyl (C=O) groups is 1. The van der Waals surface area contributed by atoms with Crippen LogP contribution in [-0.2, 0) is 21.4 Å². The number of hydrogen-bond donors (Lipinski definition) is 1. The maximum atomic E-state index is 13.2. The molecule has 0 saturated carbocycles. The van der Waals surface area contributed by atoms with Crippen molar-refractivity contribution in [1.82, 2.24) is 9.62 Å². The lowest BCUT2D eigenvalue weighted by atomic mass is 10.2. The van der Waals surface area contributed by atoms with Gasteiger partial charge in [-0.15, -0.1) is 0 Å². The molecule has 2 aromatic carbocycles. The molecule has 0 spiro atoms. The highest BCUT2D eigenvalue weighted by Crippen LogP contribution is 2.28. The zero-order valence-corrected chi connectivity index (χ0v) is 18.5. The Bertz CT molecular complexity index is 914. The molecule has 0 fully saturated rings. The van der Waals surface area contributed by atoms with Gasteiger partial charge in [0.25, 0.3) is 0 Å². The van der Waals surface area contributed by atoms with Crippen molar-refractivity contribution in [3.05, 3.63) is 63.1 Å². The highest BCUT2D eigenvalue weighted by atomic mass is 35.5. The summed E-state index contributed by atoms with van der Waals surface area (Å²) < 4.78 is 27.4. The zero-order chi connectivity index (χ0) is 20.9. The lowest BCUT2D eigenvalue weighted by Gasteiger charge is -2.24. The van der Waals surface area contributed by atoms with Gasteiger partial charge < -0.3 is 5.32 Å². The monoisotopic (exact) mass is 462 g/mol. The van der Waals surface area contributed by atoms with Crippen LogP contribution in [0.3, 0.4) is 0 Å². The zero-order valence-electron chi connectivity index (χ0n) is 15.5. The fourth-order valence-electron chi connectivity index (χ4n) is 2.42. The van der Waals surface area contributed by atoms with Crippen LogP contribution < -0.4 is 5.32 Å². The van der Waals surface area contributed by atoms with E-state index in [1.807, 2.05) is 13.8 Å². The second kappa shape index (κ2) is 9.94. The van der Waals surface area contributed by atoms with Crippen LogP contribution in [-0.4, -0.2) is 31.2 Å². The maximum absolute atomic E-state index is 13.2. The first-order valence-corrected chi connectivity index (χ1v) is 11.2. The molecular weight excluding hydrogens is 443 g/mol. The number of halogens is 3. The Balaban J connectivity index is 2.40. The summed E-state index contributed by atoms with van der Waals surface area (Å²) in [6, 6.07) is 10.6. The predicted molar refractivity (Wildman–Crippen MR) is 113 cm³/mol. The summed E-state index contributed by atoms with van der Waals surface area (Å²) in [4.78, 5) is 12.4. The minimum atomic E-state index is -3.99. The Morgan fingerprint density at radius 2 is 1.64 bits per heavy atom. The molecule has 152 valence electrons. The van der Waals surface area contributed by atoms with Crippen LogP contribution in [0.1, 0.15) is 25.8 Å². The van der Waals surface area contributed by atoms with Gasteiger partial charge in [0, 0.05) is 33.2 Å². The van der Waals surface area contributed by atoms with Gasteiger partial charge in [-0.3, -0.25) is 4.79 Å². The minimum absolute atomic E-state index is 0.0245. The van der Waals surface area contributed by atoms with E-state index in [2.05, 4.69) is 5.32 Å². The fraction of sp³-hybridized carbons (Fsp3) is 0.316. The Morgan fingerprint density at radius 3 is 2.18 bits per heavy atom. The first-order chi connectivity index (χ1) is 13.1. The molecule has 0 aromatic heterocycles. The molecule has 2 aromatic rings. The van der Waals surface area contributed by atoms with Crippen molar-refractivity contribution in [2.75, 3.05) is 6.54 Å². The van der Waals surface area contributed by atoms with Gasteiger partial charge in [-0.25, -0.2) is 8.42 Å². The summed E-state index contributed by atoms with van der Waals surface area (Å²) in [5, 5.41) is 3.84. The third-order valence-corrected chi connectivity index (χ3v) is 6.95. The summed E-state index contributed by atoms with van der Waals surface area (Å²) in [6.45, 7) is 3.27. The quantitative estimate of drug-likeness (QED) is 0.614. The topological polar surface area (TPSA) is 66.5 Å². The van der Waals surface area contributed by atoms with Gasteiger partial charge in [-0.2, -0.15) is 4.31 Å². The first-order valence-electron chi connectivity index (χ1n) is 8.63. The van der Waals surface area contributed by atoms with Crippen molar-refractivity contribution < 1.29 is 13.2 Å². The van der Waals surface area contributed by atoms with Crippen LogP contribution in [0.4, 0.5) is 0 Å². The first kappa shape index (κ1) is 23.0. The molecule has 1 atom stereocenters. The third kappa shape index (κ3) is 5.84. The van der Waals surface area contributed by atoms with Gasteiger partial charge in [0.05, 0.1) is 11.4 Å². The second-order valence-electron chi connectivity index (χ2n) is 6.30. The average Bonchev–Trinajstić information content (AvgIpc) is 2.64. The summed E-state index contributed by atoms with van der Waals surface area (Å²) in [7, 11) is -3.99. The van der Waals surface area contributed by atoms with Gasteiger partial charge in [0.15, 0.2) is 0 Å². The lowest BCUT2D eigenvalue weighted by molar-refractivity contribution is -0.122. The molecule has 9 heteroatoms. The highest BCUT2D eigenvalue weighted by Gasteiger charge is 2.28. The molecule has 1 N–H and O–H groups in total. The predicted octanol–water partition coefficient (Wildman–Crippen LogP) is 4.75. The Labute approximate surface area is 180 Å². The molecule has 0 aliphatic rings. The van der Waals surface area contributed by atoms with E-state index < -0.39 is 15.9 Å². The third-order valence-electron chi connectivity index (χ3n) is 4.19. The molecular formula is C19H21Cl3N2O3S. The standard InChI is InChI=1S/C19H21Cl3N2O3S/c1-3-13(2)23-19(25)12-24(11-16-17(21)5-4-6-18(16)22)28(26,27)15-9-7-14(20)8-10-15/h4-10,13H,3,11-12H2,1-2H3,(H,23,25)/t13-/m0/s1. The van der Waals surface area contributed by atoms with Gasteiger partial charge >= 0.3 is 0 Å². The summed E-state index contributed by atoms with van der Waals surface area (Å²) in [5.74, 6) is -0.407. The van der Waals surface area contributed by atoms with E-state index in [-0.39, 0.29) is 24.0 Å². The number of sulfonamides is 1. The molecule has 0 radical (unpaired) electrons. The van der Waals surface area contributed by atoms with Crippen molar-refractivity contribution in [3.8, 4) is 0 Å². The van der Waals surface area contributed by atoms with E-state index in [0.717, 1.165) is 10.7 Å². The number of hydrogen-bond acceptors (Lipinski definition) is 3. The van der Waals surface area contributed by atoms with Crippen LogP contribution in [0.5, 0.6) is 0 Å². The van der Waals surface area contributed by atoms with Crippen molar-refractivity contribution in [2.45, 2.75) is 37.8 Å². The number of amides is 1. The molecule has 0 aliphatic heterocycles. The molecule has 0 bridgehead atoms. The Hall–Kier alpha value is -1.31. The number of nitrogens with zero attached hydrogens (tertiary/aromatic N) is 1. The van der Waals surface area contributed by atoms with Crippen LogP contribution in [0.2, 0.25) is 15.1 Å². The molecule has 0 unspecified atom stereocenters. The molecule has 2 rings (SSSR count). The fourth-order valence-corrected chi connectivity index (χ4v) is 4.43. The minimum Gasteiger partial charge on any atom is -0.353 e. The summed E-state index contributed by atoms with van der Waals surface area (Å²) in [5.41, 5.74) is 0.430. The normalized spacial score (nSPS) is 12.8.